The molecule has 1 heterocycles. The second-order valence-electron chi connectivity index (χ2n) is 8.03. The molecule has 1 aliphatic rings. The van der Waals surface area contributed by atoms with Gasteiger partial charge in [-0.2, -0.15) is 0 Å². The number of aliphatic imine (C=N–C) groups is 1. The number of fused-ring (bicyclic) bond motifs is 1. The van der Waals surface area contributed by atoms with E-state index < -0.39 is 5.41 Å². The molecule has 168 valence electrons. The van der Waals surface area contributed by atoms with E-state index in [-0.39, 0.29) is 5.78 Å². The van der Waals surface area contributed by atoms with Crippen LogP contribution in [0.25, 0.3) is 0 Å². The van der Waals surface area contributed by atoms with E-state index in [0.29, 0.717) is 22.0 Å². The Labute approximate surface area is 208 Å². The van der Waals surface area contributed by atoms with E-state index in [9.17, 15) is 4.79 Å². The molecule has 0 unspecified atom stereocenters. The molecule has 4 aromatic rings. The van der Waals surface area contributed by atoms with Crippen LogP contribution in [-0.2, 0) is 11.2 Å². The van der Waals surface area contributed by atoms with Gasteiger partial charge in [-0.05, 0) is 47.0 Å². The summed E-state index contributed by atoms with van der Waals surface area (Å²) in [6, 6.07) is 33.1. The second kappa shape index (κ2) is 9.49. The minimum absolute atomic E-state index is 0.0189. The molecule has 1 aliphatic heterocycles. The van der Waals surface area contributed by atoms with Gasteiger partial charge in [0, 0.05) is 16.3 Å². The summed E-state index contributed by atoms with van der Waals surface area (Å²) in [6.45, 7) is 0. The van der Waals surface area contributed by atoms with Crippen molar-refractivity contribution in [2.75, 3.05) is 7.11 Å². The van der Waals surface area contributed by atoms with Crippen molar-refractivity contribution >= 4 is 39.9 Å². The lowest BCUT2D eigenvalue weighted by Gasteiger charge is -2.37. The van der Waals surface area contributed by atoms with Gasteiger partial charge in [0.15, 0.2) is 5.78 Å². The highest BCUT2D eigenvalue weighted by Crippen LogP contribution is 2.47. The third-order valence-corrected chi connectivity index (χ3v) is 7.42. The predicted molar refractivity (Wildman–Crippen MR) is 141 cm³/mol. The van der Waals surface area contributed by atoms with Crippen molar-refractivity contribution in [3.05, 3.63) is 130 Å². The highest BCUT2D eigenvalue weighted by atomic mass is 35.5. The molecular formula is C29H22ClNO2S. The Hall–Kier alpha value is -3.34. The van der Waals surface area contributed by atoms with Crippen LogP contribution in [0.4, 0.5) is 5.69 Å². The lowest BCUT2D eigenvalue weighted by atomic mass is 9.68. The van der Waals surface area contributed by atoms with Gasteiger partial charge < -0.3 is 4.74 Å². The molecule has 0 saturated carbocycles. The molecule has 5 rings (SSSR count). The maximum Gasteiger partial charge on any atom is 0.186 e. The van der Waals surface area contributed by atoms with Crippen LogP contribution < -0.4 is 4.74 Å². The first kappa shape index (κ1) is 22.5. The van der Waals surface area contributed by atoms with Gasteiger partial charge >= 0.3 is 0 Å². The average molecular weight is 484 g/mol. The molecule has 0 aliphatic carbocycles. The summed E-state index contributed by atoms with van der Waals surface area (Å²) in [7, 11) is 1.66. The molecule has 0 aromatic heterocycles. The molecule has 0 radical (unpaired) electrons. The molecule has 0 spiro atoms. The molecule has 3 nitrogen and oxygen atoms in total. The Morgan fingerprint density at radius 3 is 2.06 bits per heavy atom. The summed E-state index contributed by atoms with van der Waals surface area (Å²) in [5.41, 5.74) is 3.02. The number of rotatable bonds is 5. The van der Waals surface area contributed by atoms with Crippen LogP contribution >= 0.6 is 23.4 Å². The number of carbonyl (C=O) groups is 1. The van der Waals surface area contributed by atoms with Gasteiger partial charge in [-0.3, -0.25) is 4.79 Å². The zero-order valence-electron chi connectivity index (χ0n) is 18.6. The topological polar surface area (TPSA) is 38.7 Å². The van der Waals surface area contributed by atoms with Crippen molar-refractivity contribution < 1.29 is 9.53 Å². The number of nitrogens with zero attached hydrogens (tertiary/aromatic N) is 1. The molecule has 0 saturated heterocycles. The minimum Gasteiger partial charge on any atom is -0.497 e. The van der Waals surface area contributed by atoms with Crippen LogP contribution in [0.2, 0.25) is 5.02 Å². The highest BCUT2D eigenvalue weighted by Gasteiger charge is 2.50. The number of hydrogen-bond donors (Lipinski definition) is 0. The third kappa shape index (κ3) is 3.93. The number of hydrogen-bond acceptors (Lipinski definition) is 4. The summed E-state index contributed by atoms with van der Waals surface area (Å²) in [6.07, 6.45) is 0. The first-order chi connectivity index (χ1) is 16.6. The van der Waals surface area contributed by atoms with E-state index in [0.717, 1.165) is 27.5 Å². The van der Waals surface area contributed by atoms with Gasteiger partial charge in [0.2, 0.25) is 0 Å². The quantitative estimate of drug-likeness (QED) is 0.295. The van der Waals surface area contributed by atoms with Crippen molar-refractivity contribution in [3.63, 3.8) is 0 Å². The van der Waals surface area contributed by atoms with Crippen LogP contribution in [0.15, 0.2) is 108 Å². The van der Waals surface area contributed by atoms with Gasteiger partial charge in [-0.1, -0.05) is 84.4 Å². The third-order valence-electron chi connectivity index (χ3n) is 6.03. The Kier molecular flexibility index (Phi) is 6.27. The van der Waals surface area contributed by atoms with Crippen molar-refractivity contribution in [2.45, 2.75) is 11.2 Å². The Balaban J connectivity index is 1.69. The lowest BCUT2D eigenvalue weighted by Crippen LogP contribution is -2.45. The fourth-order valence-corrected chi connectivity index (χ4v) is 5.72. The molecule has 0 fully saturated rings. The first-order valence-electron chi connectivity index (χ1n) is 10.9. The van der Waals surface area contributed by atoms with E-state index in [1.165, 1.54) is 0 Å². The van der Waals surface area contributed by atoms with Gasteiger partial charge in [0.05, 0.1) is 17.8 Å². The number of Topliss-reactive ketones (excluding diaryl/α,β-unsaturated/α-hetero) is 1. The number of thioether (sulfide) groups is 1. The fourth-order valence-electron chi connectivity index (χ4n) is 4.35. The maximum atomic E-state index is 14.4. The molecule has 5 heteroatoms. The molecule has 34 heavy (non-hydrogen) atoms. The van der Waals surface area contributed by atoms with E-state index in [1.54, 1.807) is 31.0 Å². The van der Waals surface area contributed by atoms with E-state index in [4.69, 9.17) is 21.3 Å². The van der Waals surface area contributed by atoms with E-state index in [1.807, 2.05) is 91.0 Å². The van der Waals surface area contributed by atoms with Gasteiger partial charge in [0.25, 0.3) is 0 Å². The normalized spacial score (nSPS) is 14.3. The second-order valence-corrected chi connectivity index (χ2v) is 9.43. The van der Waals surface area contributed by atoms with E-state index >= 15 is 0 Å². The minimum atomic E-state index is -1.06. The number of halogens is 1. The molecule has 0 atom stereocenters. The Morgan fingerprint density at radius 1 is 0.853 bits per heavy atom. The fraction of sp³-hybridized carbons (Fsp3) is 0.103. The molecule has 0 N–H and O–H groups in total. The van der Waals surface area contributed by atoms with Gasteiger partial charge in [0.1, 0.15) is 11.2 Å². The lowest BCUT2D eigenvalue weighted by molar-refractivity contribution is 0.0949. The van der Waals surface area contributed by atoms with Crippen LogP contribution in [0.5, 0.6) is 5.75 Å². The standard InChI is InChI=1S/C29H22ClNO2S/c1-33-24-15-12-20(13-16-24)19-34-28-29(21-8-4-2-5-9-21,22-10-6-3-7-11-22)27(32)25-18-23(30)14-17-26(25)31-28/h2-18H,19H2,1H3. The molecule has 4 aromatic carbocycles. The van der Waals surface area contributed by atoms with Crippen LogP contribution in [-0.4, -0.2) is 17.9 Å². The zero-order valence-corrected chi connectivity index (χ0v) is 20.1. The number of ketones is 1. The summed E-state index contributed by atoms with van der Waals surface area (Å²) >= 11 is 7.90. The number of ether oxygens (including phenoxy) is 1. The van der Waals surface area contributed by atoms with Crippen LogP contribution in [0, 0.1) is 0 Å². The monoisotopic (exact) mass is 483 g/mol. The van der Waals surface area contributed by atoms with E-state index in [2.05, 4.69) is 0 Å². The van der Waals surface area contributed by atoms with Gasteiger partial charge in [-0.25, -0.2) is 4.99 Å². The van der Waals surface area contributed by atoms with Crippen molar-refractivity contribution in [3.8, 4) is 5.75 Å². The highest BCUT2D eigenvalue weighted by molar-refractivity contribution is 8.13. The summed E-state index contributed by atoms with van der Waals surface area (Å²) < 4.78 is 5.29. The summed E-state index contributed by atoms with van der Waals surface area (Å²) in [4.78, 5) is 19.5. The summed E-state index contributed by atoms with van der Waals surface area (Å²) in [5, 5.41) is 1.27. The first-order valence-corrected chi connectivity index (χ1v) is 12.3. The SMILES string of the molecule is COc1ccc(CSC2=Nc3ccc(Cl)cc3C(=O)C2(c2ccccc2)c2ccccc2)cc1. The largest absolute Gasteiger partial charge is 0.497 e. The van der Waals surface area contributed by atoms with Gasteiger partial charge in [-0.15, -0.1) is 11.8 Å². The average Bonchev–Trinajstić information content (AvgIpc) is 2.89. The van der Waals surface area contributed by atoms with Crippen LogP contribution in [0.3, 0.4) is 0 Å². The zero-order chi connectivity index (χ0) is 23.5. The number of benzene rings is 4. The number of methoxy groups -OCH3 is 1. The Bertz CT molecular complexity index is 1310. The van der Waals surface area contributed by atoms with Crippen LogP contribution in [0.1, 0.15) is 27.0 Å². The molecule has 0 amide bonds. The Morgan fingerprint density at radius 2 is 1.47 bits per heavy atom. The van der Waals surface area contributed by atoms with Crippen molar-refractivity contribution in [1.29, 1.82) is 0 Å². The number of carbonyl (C=O) groups excluding carboxylic acids is 1. The van der Waals surface area contributed by atoms with Crippen molar-refractivity contribution in [1.82, 2.24) is 0 Å². The molecule has 0 bridgehead atoms. The molecular weight excluding hydrogens is 462 g/mol. The smallest absolute Gasteiger partial charge is 0.186 e. The maximum absolute atomic E-state index is 14.4. The van der Waals surface area contributed by atoms with Crippen molar-refractivity contribution in [2.24, 2.45) is 4.99 Å². The predicted octanol–water partition coefficient (Wildman–Crippen LogP) is 7.49. The summed E-state index contributed by atoms with van der Waals surface area (Å²) in [5.74, 6) is 1.46.